The summed E-state index contributed by atoms with van der Waals surface area (Å²) in [4.78, 5) is 26.1. The summed E-state index contributed by atoms with van der Waals surface area (Å²) in [6.45, 7) is 0.782. The molecule has 2 aliphatic carbocycles. The van der Waals surface area contributed by atoms with E-state index < -0.39 is 0 Å². The van der Waals surface area contributed by atoms with Crippen LogP contribution in [0, 0.1) is 17.8 Å². The Balaban J connectivity index is 1.43. The van der Waals surface area contributed by atoms with E-state index in [2.05, 4.69) is 5.32 Å². The molecule has 122 valence electrons. The maximum atomic E-state index is 12.6. The highest BCUT2D eigenvalue weighted by Crippen LogP contribution is 2.47. The third kappa shape index (κ3) is 2.53. The lowest BCUT2D eigenvalue weighted by atomic mass is 9.84. The van der Waals surface area contributed by atoms with Crippen LogP contribution < -0.4 is 16.0 Å². The molecule has 1 saturated heterocycles. The molecule has 0 aromatic heterocycles. The van der Waals surface area contributed by atoms with Gasteiger partial charge in [-0.2, -0.15) is 0 Å². The van der Waals surface area contributed by atoms with Crippen LogP contribution in [0.15, 0.2) is 24.3 Å². The molecule has 3 N–H and O–H groups in total. The van der Waals surface area contributed by atoms with Crippen LogP contribution in [0.1, 0.15) is 32.1 Å². The topological polar surface area (TPSA) is 75.4 Å². The van der Waals surface area contributed by atoms with Crippen molar-refractivity contribution in [3.05, 3.63) is 24.3 Å². The van der Waals surface area contributed by atoms with Crippen molar-refractivity contribution in [3.63, 3.8) is 0 Å². The number of amides is 2. The van der Waals surface area contributed by atoms with Gasteiger partial charge in [0.1, 0.15) is 0 Å². The number of hydrogen-bond acceptors (Lipinski definition) is 3. The fourth-order valence-electron chi connectivity index (χ4n) is 4.60. The van der Waals surface area contributed by atoms with Gasteiger partial charge in [-0.05, 0) is 61.8 Å². The number of fused-ring (bicyclic) bond motifs is 2. The summed E-state index contributed by atoms with van der Waals surface area (Å²) in [7, 11) is 0. The van der Waals surface area contributed by atoms with Crippen molar-refractivity contribution in [2.45, 2.75) is 38.1 Å². The average molecular weight is 313 g/mol. The predicted molar refractivity (Wildman–Crippen MR) is 89.0 cm³/mol. The van der Waals surface area contributed by atoms with Crippen molar-refractivity contribution in [1.82, 2.24) is 0 Å². The summed E-state index contributed by atoms with van der Waals surface area (Å²) >= 11 is 0. The Kier molecular flexibility index (Phi) is 3.60. The molecule has 0 spiro atoms. The molecule has 3 fully saturated rings. The van der Waals surface area contributed by atoms with Gasteiger partial charge >= 0.3 is 0 Å². The minimum Gasteiger partial charge on any atom is -0.327 e. The maximum absolute atomic E-state index is 12.6. The SMILES string of the molecule is NC1C2CCC(C2)C1C(=O)Nc1ccc(N2CCCC2=O)cc1. The molecule has 2 amide bonds. The van der Waals surface area contributed by atoms with Crippen LogP contribution in [-0.4, -0.2) is 24.4 Å². The molecule has 1 aliphatic heterocycles. The van der Waals surface area contributed by atoms with E-state index in [-0.39, 0.29) is 23.8 Å². The summed E-state index contributed by atoms with van der Waals surface area (Å²) in [6, 6.07) is 7.56. The number of rotatable bonds is 3. The van der Waals surface area contributed by atoms with Crippen molar-refractivity contribution in [2.75, 3.05) is 16.8 Å². The minimum atomic E-state index is -0.0476. The fraction of sp³-hybridized carbons (Fsp3) is 0.556. The first-order valence-electron chi connectivity index (χ1n) is 8.60. The Hall–Kier alpha value is -1.88. The summed E-state index contributed by atoms with van der Waals surface area (Å²) < 4.78 is 0. The van der Waals surface area contributed by atoms with Crippen molar-refractivity contribution in [1.29, 1.82) is 0 Å². The second-order valence-corrected chi connectivity index (χ2v) is 7.12. The van der Waals surface area contributed by atoms with Crippen LogP contribution in [0.5, 0.6) is 0 Å². The Morgan fingerprint density at radius 1 is 1.17 bits per heavy atom. The predicted octanol–water partition coefficient (Wildman–Crippen LogP) is 2.13. The molecule has 4 unspecified atom stereocenters. The van der Waals surface area contributed by atoms with Gasteiger partial charge in [-0.15, -0.1) is 0 Å². The molecular formula is C18H23N3O2. The van der Waals surface area contributed by atoms with Crippen LogP contribution in [0.3, 0.4) is 0 Å². The number of hydrogen-bond donors (Lipinski definition) is 2. The summed E-state index contributed by atoms with van der Waals surface area (Å²) in [5.41, 5.74) is 7.92. The zero-order valence-corrected chi connectivity index (χ0v) is 13.2. The Bertz CT molecular complexity index is 626. The van der Waals surface area contributed by atoms with E-state index in [0.717, 1.165) is 37.2 Å². The van der Waals surface area contributed by atoms with Gasteiger partial charge in [0.2, 0.25) is 11.8 Å². The third-order valence-electron chi connectivity index (χ3n) is 5.80. The molecule has 2 bridgehead atoms. The molecule has 5 nitrogen and oxygen atoms in total. The standard InChI is InChI=1S/C18H23N3O2/c19-17-12-4-3-11(10-12)16(17)18(23)20-13-5-7-14(8-6-13)21-9-1-2-15(21)22/h5-8,11-12,16-17H,1-4,9-10,19H2,(H,20,23). The molecule has 2 saturated carbocycles. The van der Waals surface area contributed by atoms with Crippen molar-refractivity contribution in [2.24, 2.45) is 23.5 Å². The smallest absolute Gasteiger partial charge is 0.229 e. The number of nitrogens with two attached hydrogens (primary N) is 1. The summed E-state index contributed by atoms with van der Waals surface area (Å²) in [6.07, 6.45) is 4.95. The van der Waals surface area contributed by atoms with E-state index >= 15 is 0 Å². The Labute approximate surface area is 136 Å². The number of anilines is 2. The quantitative estimate of drug-likeness (QED) is 0.897. The van der Waals surface area contributed by atoms with Gasteiger partial charge in [-0.25, -0.2) is 0 Å². The lowest BCUT2D eigenvalue weighted by Gasteiger charge is -2.27. The summed E-state index contributed by atoms with van der Waals surface area (Å²) in [5.74, 6) is 1.16. The molecule has 3 aliphatic rings. The summed E-state index contributed by atoms with van der Waals surface area (Å²) in [5, 5.41) is 3.01. The molecular weight excluding hydrogens is 290 g/mol. The number of nitrogens with one attached hydrogen (secondary N) is 1. The first-order valence-corrected chi connectivity index (χ1v) is 8.60. The van der Waals surface area contributed by atoms with Gasteiger partial charge in [0.25, 0.3) is 0 Å². The van der Waals surface area contributed by atoms with Crippen molar-refractivity contribution < 1.29 is 9.59 Å². The van der Waals surface area contributed by atoms with E-state index in [1.807, 2.05) is 24.3 Å². The van der Waals surface area contributed by atoms with Crippen LogP contribution in [-0.2, 0) is 9.59 Å². The van der Waals surface area contributed by atoms with E-state index in [1.165, 1.54) is 6.42 Å². The maximum Gasteiger partial charge on any atom is 0.229 e. The van der Waals surface area contributed by atoms with Gasteiger partial charge in [0, 0.05) is 30.4 Å². The average Bonchev–Trinajstić information content (AvgIpc) is 3.24. The van der Waals surface area contributed by atoms with Crippen LogP contribution in [0.2, 0.25) is 0 Å². The molecule has 1 aromatic rings. The zero-order chi connectivity index (χ0) is 16.0. The number of carbonyl (C=O) groups excluding carboxylic acids is 2. The Morgan fingerprint density at radius 3 is 2.52 bits per heavy atom. The van der Waals surface area contributed by atoms with Crippen molar-refractivity contribution >= 4 is 23.2 Å². The molecule has 1 heterocycles. The molecule has 1 aromatic carbocycles. The van der Waals surface area contributed by atoms with E-state index in [1.54, 1.807) is 4.90 Å². The second kappa shape index (κ2) is 5.64. The van der Waals surface area contributed by atoms with Gasteiger partial charge in [0.05, 0.1) is 5.92 Å². The Morgan fingerprint density at radius 2 is 1.91 bits per heavy atom. The van der Waals surface area contributed by atoms with Gasteiger partial charge < -0.3 is 16.0 Å². The lowest BCUT2D eigenvalue weighted by Crippen LogP contribution is -2.42. The lowest BCUT2D eigenvalue weighted by molar-refractivity contribution is -0.121. The van der Waals surface area contributed by atoms with E-state index in [4.69, 9.17) is 5.73 Å². The second-order valence-electron chi connectivity index (χ2n) is 7.12. The van der Waals surface area contributed by atoms with E-state index in [0.29, 0.717) is 18.3 Å². The van der Waals surface area contributed by atoms with Gasteiger partial charge in [-0.1, -0.05) is 0 Å². The van der Waals surface area contributed by atoms with Crippen LogP contribution in [0.4, 0.5) is 11.4 Å². The van der Waals surface area contributed by atoms with E-state index in [9.17, 15) is 9.59 Å². The van der Waals surface area contributed by atoms with Crippen LogP contribution >= 0.6 is 0 Å². The highest BCUT2D eigenvalue weighted by molar-refractivity contribution is 5.96. The highest BCUT2D eigenvalue weighted by atomic mass is 16.2. The first kappa shape index (κ1) is 14.7. The molecule has 23 heavy (non-hydrogen) atoms. The van der Waals surface area contributed by atoms with Crippen LogP contribution in [0.25, 0.3) is 0 Å². The normalized spacial score (nSPS) is 32.6. The molecule has 4 atom stereocenters. The molecule has 5 heteroatoms. The largest absolute Gasteiger partial charge is 0.327 e. The zero-order valence-electron chi connectivity index (χ0n) is 13.2. The van der Waals surface area contributed by atoms with Crippen molar-refractivity contribution in [3.8, 4) is 0 Å². The molecule has 0 radical (unpaired) electrons. The monoisotopic (exact) mass is 313 g/mol. The highest BCUT2D eigenvalue weighted by Gasteiger charge is 2.49. The number of benzene rings is 1. The third-order valence-corrected chi connectivity index (χ3v) is 5.80. The van der Waals surface area contributed by atoms with Gasteiger partial charge in [-0.3, -0.25) is 9.59 Å². The number of nitrogens with zero attached hydrogens (tertiary/aromatic N) is 1. The fourth-order valence-corrected chi connectivity index (χ4v) is 4.60. The number of carbonyl (C=O) groups is 2. The first-order chi connectivity index (χ1) is 11.1. The van der Waals surface area contributed by atoms with Gasteiger partial charge in [0.15, 0.2) is 0 Å². The molecule has 4 rings (SSSR count). The minimum absolute atomic E-state index is 0.00949.